The van der Waals surface area contributed by atoms with Crippen molar-refractivity contribution in [3.8, 4) is 0 Å². The number of hydrogen-bond acceptors (Lipinski definition) is 2. The molecule has 3 heterocycles. The van der Waals surface area contributed by atoms with Crippen LogP contribution in [0, 0.1) is 5.92 Å². The molecule has 0 atom stereocenters. The fourth-order valence-corrected chi connectivity index (χ4v) is 5.42. The Morgan fingerprint density at radius 2 is 1.97 bits per heavy atom. The van der Waals surface area contributed by atoms with Crippen molar-refractivity contribution in [3.05, 3.63) is 65.0 Å². The zero-order valence-electron chi connectivity index (χ0n) is 18.3. The van der Waals surface area contributed by atoms with Crippen LogP contribution in [0.5, 0.6) is 0 Å². The molecule has 1 aromatic carbocycles. The highest BCUT2D eigenvalue weighted by atomic mass is 19.3. The van der Waals surface area contributed by atoms with Crippen molar-refractivity contribution in [2.45, 2.75) is 64.5 Å². The first-order valence-electron chi connectivity index (χ1n) is 11.7. The maximum Gasteiger partial charge on any atom is 0.263 e. The van der Waals surface area contributed by atoms with Gasteiger partial charge in [0.1, 0.15) is 5.65 Å². The van der Waals surface area contributed by atoms with E-state index in [1.165, 1.54) is 30.9 Å². The number of nitrogens with zero attached hydrogens (tertiary/aromatic N) is 3. The highest BCUT2D eigenvalue weighted by molar-refractivity contribution is 5.84. The van der Waals surface area contributed by atoms with E-state index in [2.05, 4.69) is 15.6 Å². The lowest BCUT2D eigenvalue weighted by molar-refractivity contribution is -0.133. The van der Waals surface area contributed by atoms with E-state index < -0.39 is 6.43 Å². The Labute approximate surface area is 187 Å². The first-order valence-corrected chi connectivity index (χ1v) is 11.7. The van der Waals surface area contributed by atoms with Crippen LogP contribution in [0.15, 0.2) is 42.6 Å². The van der Waals surface area contributed by atoms with Crippen molar-refractivity contribution in [2.24, 2.45) is 5.92 Å². The molecule has 1 saturated carbocycles. The van der Waals surface area contributed by atoms with Gasteiger partial charge in [-0.15, -0.1) is 0 Å². The Hall–Kier alpha value is -2.76. The van der Waals surface area contributed by atoms with Crippen LogP contribution >= 0.6 is 0 Å². The monoisotopic (exact) mass is 437 g/mol. The summed E-state index contributed by atoms with van der Waals surface area (Å²) in [6.07, 6.45) is 6.81. The molecule has 1 aliphatic carbocycles. The van der Waals surface area contributed by atoms with Crippen LogP contribution in [0.2, 0.25) is 0 Å². The number of carbonyl (C=O) groups is 1. The zero-order chi connectivity index (χ0) is 22.1. The van der Waals surface area contributed by atoms with Gasteiger partial charge in [-0.2, -0.15) is 0 Å². The molecule has 0 saturated heterocycles. The van der Waals surface area contributed by atoms with E-state index in [4.69, 9.17) is 0 Å². The van der Waals surface area contributed by atoms with E-state index in [9.17, 15) is 13.6 Å². The Balaban J connectivity index is 1.44. The van der Waals surface area contributed by atoms with Crippen LogP contribution in [0.25, 0.3) is 11.0 Å². The summed E-state index contributed by atoms with van der Waals surface area (Å²) >= 11 is 0. The fourth-order valence-electron chi connectivity index (χ4n) is 5.42. The number of halogens is 2. The Bertz CT molecular complexity index is 1120. The van der Waals surface area contributed by atoms with Crippen LogP contribution in [-0.2, 0) is 24.3 Å². The van der Waals surface area contributed by atoms with Gasteiger partial charge in [-0.25, -0.2) is 13.8 Å². The number of alkyl halides is 2. The topological polar surface area (TPSA) is 38.1 Å². The Kier molecular flexibility index (Phi) is 5.94. The number of amides is 1. The molecule has 0 radical (unpaired) electrons. The minimum atomic E-state index is -2.49. The van der Waals surface area contributed by atoms with Gasteiger partial charge in [-0.3, -0.25) is 4.79 Å². The molecule has 1 fully saturated rings. The first-order chi connectivity index (χ1) is 15.6. The van der Waals surface area contributed by atoms with Crippen LogP contribution in [0.1, 0.15) is 67.3 Å². The molecule has 32 heavy (non-hydrogen) atoms. The van der Waals surface area contributed by atoms with E-state index in [0.717, 1.165) is 48.1 Å². The second kappa shape index (κ2) is 9.00. The number of aromatic nitrogens is 2. The van der Waals surface area contributed by atoms with Crippen molar-refractivity contribution >= 4 is 16.9 Å². The average Bonchev–Trinajstić information content (AvgIpc) is 3.13. The number of carbonyl (C=O) groups excluding carboxylic acids is 1. The van der Waals surface area contributed by atoms with Crippen LogP contribution < -0.4 is 0 Å². The normalized spacial score (nSPS) is 17.2. The van der Waals surface area contributed by atoms with Gasteiger partial charge in [0.2, 0.25) is 5.91 Å². The molecule has 0 bridgehead atoms. The molecule has 2 aromatic heterocycles. The van der Waals surface area contributed by atoms with E-state index in [1.54, 1.807) is 18.3 Å². The summed E-state index contributed by atoms with van der Waals surface area (Å²) in [5.74, 6) is 0.759. The molecule has 5 rings (SSSR count). The van der Waals surface area contributed by atoms with Crippen molar-refractivity contribution in [1.29, 1.82) is 0 Å². The van der Waals surface area contributed by atoms with Crippen LogP contribution in [0.3, 0.4) is 0 Å². The van der Waals surface area contributed by atoms with E-state index in [1.807, 2.05) is 17.0 Å². The maximum absolute atomic E-state index is 13.2. The highest BCUT2D eigenvalue weighted by Crippen LogP contribution is 2.32. The molecule has 0 N–H and O–H groups in total. The number of pyridine rings is 1. The summed E-state index contributed by atoms with van der Waals surface area (Å²) in [5, 5.41) is 1.10. The van der Waals surface area contributed by atoms with Gasteiger partial charge < -0.3 is 9.47 Å². The van der Waals surface area contributed by atoms with Gasteiger partial charge in [-0.1, -0.05) is 37.5 Å². The summed E-state index contributed by atoms with van der Waals surface area (Å²) in [7, 11) is 0. The van der Waals surface area contributed by atoms with Crippen molar-refractivity contribution in [1.82, 2.24) is 14.5 Å². The van der Waals surface area contributed by atoms with Gasteiger partial charge in [0.15, 0.2) is 0 Å². The lowest BCUT2D eigenvalue weighted by atomic mass is 9.86. The molecule has 0 spiro atoms. The SMILES string of the molecule is O=C(CC1CCCCC1)N1CCc2c(n(Cc3cccc(C(F)F)c3)c3ncccc23)C1. The molecule has 3 aromatic rings. The summed E-state index contributed by atoms with van der Waals surface area (Å²) in [4.78, 5) is 19.7. The van der Waals surface area contributed by atoms with E-state index >= 15 is 0 Å². The quantitative estimate of drug-likeness (QED) is 0.500. The maximum atomic E-state index is 13.2. The van der Waals surface area contributed by atoms with Gasteiger partial charge >= 0.3 is 0 Å². The predicted molar refractivity (Wildman–Crippen MR) is 121 cm³/mol. The third-order valence-corrected chi connectivity index (χ3v) is 7.10. The highest BCUT2D eigenvalue weighted by Gasteiger charge is 2.28. The molecule has 1 amide bonds. The molecule has 0 unspecified atom stereocenters. The molecule has 168 valence electrons. The predicted octanol–water partition coefficient (Wildman–Crippen LogP) is 5.88. The van der Waals surface area contributed by atoms with Crippen LogP contribution in [-0.4, -0.2) is 26.9 Å². The minimum Gasteiger partial charge on any atom is -0.337 e. The van der Waals surface area contributed by atoms with Gasteiger partial charge in [-0.05, 0) is 54.5 Å². The summed E-state index contributed by atoms with van der Waals surface area (Å²) in [5.41, 5.74) is 4.04. The molecule has 1 aliphatic heterocycles. The standard InChI is InChI=1S/C26H29F2N3O/c27-25(28)20-9-4-8-19(14-20)16-31-23-17-30(24(32)15-18-6-2-1-3-7-18)13-11-21(23)22-10-5-12-29-26(22)31/h4-5,8-10,12,14,18,25H,1-3,6-7,11,13,15-17H2. The van der Waals surface area contributed by atoms with Gasteiger partial charge in [0.25, 0.3) is 6.43 Å². The Morgan fingerprint density at radius 1 is 1.12 bits per heavy atom. The lowest BCUT2D eigenvalue weighted by Gasteiger charge is -2.31. The average molecular weight is 438 g/mol. The number of rotatable bonds is 5. The van der Waals surface area contributed by atoms with Crippen LogP contribution in [0.4, 0.5) is 8.78 Å². The number of hydrogen-bond donors (Lipinski definition) is 0. The smallest absolute Gasteiger partial charge is 0.263 e. The molecular formula is C26H29F2N3O. The minimum absolute atomic E-state index is 0.0325. The summed E-state index contributed by atoms with van der Waals surface area (Å²) < 4.78 is 28.6. The summed E-state index contributed by atoms with van der Waals surface area (Å²) in [6.45, 7) is 1.76. The largest absolute Gasteiger partial charge is 0.337 e. The third-order valence-electron chi connectivity index (χ3n) is 7.10. The second-order valence-corrected chi connectivity index (χ2v) is 9.21. The van der Waals surface area contributed by atoms with E-state index in [0.29, 0.717) is 25.4 Å². The van der Waals surface area contributed by atoms with Crippen molar-refractivity contribution in [2.75, 3.05) is 6.54 Å². The molecule has 4 nitrogen and oxygen atoms in total. The first kappa shape index (κ1) is 21.1. The molecule has 6 heteroatoms. The van der Waals surface area contributed by atoms with E-state index in [-0.39, 0.29) is 11.5 Å². The molecule has 2 aliphatic rings. The molecular weight excluding hydrogens is 408 g/mol. The summed E-state index contributed by atoms with van der Waals surface area (Å²) in [6, 6.07) is 10.6. The van der Waals surface area contributed by atoms with Crippen molar-refractivity contribution < 1.29 is 13.6 Å². The van der Waals surface area contributed by atoms with Gasteiger partial charge in [0, 0.05) is 42.4 Å². The number of benzene rings is 1. The third kappa shape index (κ3) is 4.15. The Morgan fingerprint density at radius 3 is 2.78 bits per heavy atom. The number of fused-ring (bicyclic) bond motifs is 3. The van der Waals surface area contributed by atoms with Gasteiger partial charge in [0.05, 0.1) is 6.54 Å². The second-order valence-electron chi connectivity index (χ2n) is 9.21. The zero-order valence-corrected chi connectivity index (χ0v) is 18.3. The lowest BCUT2D eigenvalue weighted by Crippen LogP contribution is -2.37. The van der Waals surface area contributed by atoms with Crippen molar-refractivity contribution in [3.63, 3.8) is 0 Å². The fraction of sp³-hybridized carbons (Fsp3) is 0.462.